The van der Waals surface area contributed by atoms with Crippen molar-refractivity contribution in [3.63, 3.8) is 0 Å². The molecule has 0 aromatic carbocycles. The van der Waals surface area contributed by atoms with Crippen molar-refractivity contribution < 1.29 is 4.92 Å². The summed E-state index contributed by atoms with van der Waals surface area (Å²) in [6.45, 7) is 7.84. The lowest BCUT2D eigenvalue weighted by molar-refractivity contribution is -0.386. The van der Waals surface area contributed by atoms with Crippen molar-refractivity contribution >= 4 is 5.69 Å². The van der Waals surface area contributed by atoms with Crippen molar-refractivity contribution in [3.05, 3.63) is 21.5 Å². The lowest BCUT2D eigenvalue weighted by Crippen LogP contribution is -2.28. The lowest BCUT2D eigenvalue weighted by atomic mass is 9.96. The van der Waals surface area contributed by atoms with Crippen molar-refractivity contribution in [2.45, 2.75) is 45.6 Å². The lowest BCUT2D eigenvalue weighted by Gasteiger charge is -2.18. The van der Waals surface area contributed by atoms with Crippen molar-refractivity contribution in [1.82, 2.24) is 15.1 Å². The number of aromatic nitrogens is 2. The quantitative estimate of drug-likeness (QED) is 0.645. The molecule has 6 heteroatoms. The summed E-state index contributed by atoms with van der Waals surface area (Å²) >= 11 is 0. The summed E-state index contributed by atoms with van der Waals surface area (Å²) in [5, 5.41) is 18.8. The van der Waals surface area contributed by atoms with Crippen LogP contribution >= 0.6 is 0 Å². The molecular formula is C12H22N4O2. The van der Waals surface area contributed by atoms with Gasteiger partial charge in [-0.05, 0) is 14.0 Å². The maximum absolute atomic E-state index is 11.3. The van der Waals surface area contributed by atoms with Gasteiger partial charge in [-0.1, -0.05) is 20.8 Å². The number of hydrogen-bond donors (Lipinski definition) is 1. The molecule has 0 radical (unpaired) electrons. The molecule has 0 amide bonds. The molecule has 2 unspecified atom stereocenters. The molecule has 102 valence electrons. The van der Waals surface area contributed by atoms with Gasteiger partial charge in [0.15, 0.2) is 0 Å². The van der Waals surface area contributed by atoms with Crippen molar-refractivity contribution in [2.75, 3.05) is 7.05 Å². The van der Waals surface area contributed by atoms with Crippen molar-refractivity contribution in [1.29, 1.82) is 0 Å². The van der Waals surface area contributed by atoms with E-state index in [0.717, 1.165) is 0 Å². The molecular weight excluding hydrogens is 232 g/mol. The second-order valence-corrected chi connectivity index (χ2v) is 5.02. The number of rotatable bonds is 5. The first-order chi connectivity index (χ1) is 8.31. The molecule has 0 saturated carbocycles. The van der Waals surface area contributed by atoms with E-state index >= 15 is 0 Å². The number of aryl methyl sites for hydroxylation is 1. The van der Waals surface area contributed by atoms with Crippen LogP contribution in [0.3, 0.4) is 0 Å². The summed E-state index contributed by atoms with van der Waals surface area (Å²) in [7, 11) is 3.62. The molecule has 6 nitrogen and oxygen atoms in total. The maximum Gasteiger partial charge on any atom is 0.313 e. The van der Waals surface area contributed by atoms with E-state index < -0.39 is 0 Å². The molecule has 0 saturated heterocycles. The number of nitro groups is 1. The molecule has 1 aromatic heterocycles. The second kappa shape index (κ2) is 5.48. The molecule has 1 heterocycles. The van der Waals surface area contributed by atoms with Crippen LogP contribution in [0, 0.1) is 10.1 Å². The number of hydrogen-bond acceptors (Lipinski definition) is 4. The molecule has 0 bridgehead atoms. The minimum absolute atomic E-state index is 0.0281. The maximum atomic E-state index is 11.3. The summed E-state index contributed by atoms with van der Waals surface area (Å²) in [6.07, 6.45) is 0. The van der Waals surface area contributed by atoms with E-state index in [1.807, 2.05) is 34.7 Å². The van der Waals surface area contributed by atoms with Gasteiger partial charge in [0, 0.05) is 24.9 Å². The van der Waals surface area contributed by atoms with Gasteiger partial charge in [0.25, 0.3) is 0 Å². The second-order valence-electron chi connectivity index (χ2n) is 5.02. The SMILES string of the molecule is CNC(C)C(C)c1c([N+](=O)[O-])c(C(C)C)nn1C. The Bertz CT molecular complexity index is 440. The summed E-state index contributed by atoms with van der Waals surface area (Å²) in [5.74, 6) is 0.0721. The van der Waals surface area contributed by atoms with Gasteiger partial charge in [-0.15, -0.1) is 0 Å². The standard InChI is InChI=1S/C12H22N4O2/c1-7(2)10-12(16(17)18)11(15(6)14-10)8(3)9(4)13-5/h7-9,13H,1-6H3. The molecule has 18 heavy (non-hydrogen) atoms. The zero-order chi connectivity index (χ0) is 14.0. The molecule has 1 N–H and O–H groups in total. The Morgan fingerprint density at radius 2 is 1.89 bits per heavy atom. The van der Waals surface area contributed by atoms with Crippen molar-refractivity contribution in [3.8, 4) is 0 Å². The monoisotopic (exact) mass is 254 g/mol. The van der Waals surface area contributed by atoms with Crippen LogP contribution in [0.15, 0.2) is 0 Å². The Morgan fingerprint density at radius 1 is 1.33 bits per heavy atom. The number of nitrogens with zero attached hydrogens (tertiary/aromatic N) is 3. The highest BCUT2D eigenvalue weighted by atomic mass is 16.6. The number of likely N-dealkylation sites (N-methyl/N-ethyl adjacent to an activating group) is 1. The Kier molecular flexibility index (Phi) is 4.45. The van der Waals surface area contributed by atoms with E-state index in [1.165, 1.54) is 0 Å². The van der Waals surface area contributed by atoms with Gasteiger partial charge < -0.3 is 5.32 Å². The smallest absolute Gasteiger partial charge is 0.313 e. The van der Waals surface area contributed by atoms with Crippen LogP contribution in [0.5, 0.6) is 0 Å². The van der Waals surface area contributed by atoms with E-state index in [0.29, 0.717) is 11.4 Å². The molecule has 1 aromatic rings. The highest BCUT2D eigenvalue weighted by Crippen LogP contribution is 2.34. The van der Waals surface area contributed by atoms with Gasteiger partial charge in [-0.25, -0.2) is 0 Å². The minimum atomic E-state index is -0.309. The Labute approximate surface area is 108 Å². The zero-order valence-corrected chi connectivity index (χ0v) is 11.9. The fraction of sp³-hybridized carbons (Fsp3) is 0.750. The summed E-state index contributed by atoms with van der Waals surface area (Å²) in [4.78, 5) is 11.0. The van der Waals surface area contributed by atoms with Crippen LogP contribution < -0.4 is 5.32 Å². The van der Waals surface area contributed by atoms with Gasteiger partial charge in [0.2, 0.25) is 0 Å². The van der Waals surface area contributed by atoms with E-state index in [-0.39, 0.29) is 28.5 Å². The summed E-state index contributed by atoms with van der Waals surface area (Å²) in [5.41, 5.74) is 1.42. The van der Waals surface area contributed by atoms with E-state index in [2.05, 4.69) is 10.4 Å². The molecule has 0 aliphatic heterocycles. The van der Waals surface area contributed by atoms with E-state index in [1.54, 1.807) is 11.7 Å². The van der Waals surface area contributed by atoms with Gasteiger partial charge in [-0.2, -0.15) is 5.10 Å². The van der Waals surface area contributed by atoms with E-state index in [9.17, 15) is 10.1 Å². The van der Waals surface area contributed by atoms with Gasteiger partial charge >= 0.3 is 5.69 Å². The average Bonchev–Trinajstić information content (AvgIpc) is 2.65. The Hall–Kier alpha value is -1.43. The largest absolute Gasteiger partial charge is 0.317 e. The normalized spacial score (nSPS) is 14.8. The first-order valence-corrected chi connectivity index (χ1v) is 6.19. The predicted octanol–water partition coefficient (Wildman–Crippen LogP) is 2.16. The fourth-order valence-electron chi connectivity index (χ4n) is 2.12. The van der Waals surface area contributed by atoms with Gasteiger partial charge in [0.1, 0.15) is 11.4 Å². The predicted molar refractivity (Wildman–Crippen MR) is 70.9 cm³/mol. The molecule has 0 fully saturated rings. The van der Waals surface area contributed by atoms with Crippen LogP contribution in [0.25, 0.3) is 0 Å². The fourth-order valence-corrected chi connectivity index (χ4v) is 2.12. The molecule has 0 aliphatic rings. The van der Waals surface area contributed by atoms with Crippen LogP contribution in [0.1, 0.15) is 50.9 Å². The van der Waals surface area contributed by atoms with E-state index in [4.69, 9.17) is 0 Å². The van der Waals surface area contributed by atoms with Gasteiger partial charge in [-0.3, -0.25) is 14.8 Å². The third kappa shape index (κ3) is 2.53. The molecule has 1 rings (SSSR count). The highest BCUT2D eigenvalue weighted by Gasteiger charge is 2.32. The first-order valence-electron chi connectivity index (χ1n) is 6.19. The van der Waals surface area contributed by atoms with Crippen LogP contribution in [0.2, 0.25) is 0 Å². The zero-order valence-electron chi connectivity index (χ0n) is 11.9. The molecule has 0 aliphatic carbocycles. The molecule has 2 atom stereocenters. The highest BCUT2D eigenvalue weighted by molar-refractivity contribution is 5.45. The van der Waals surface area contributed by atoms with Gasteiger partial charge in [0.05, 0.1) is 4.92 Å². The van der Waals surface area contributed by atoms with Crippen LogP contribution in [-0.4, -0.2) is 27.8 Å². The summed E-state index contributed by atoms with van der Waals surface area (Å²) < 4.78 is 1.64. The molecule has 0 spiro atoms. The average molecular weight is 254 g/mol. The minimum Gasteiger partial charge on any atom is -0.317 e. The number of nitrogens with one attached hydrogen (secondary N) is 1. The first kappa shape index (κ1) is 14.6. The third-order valence-corrected chi connectivity index (χ3v) is 3.46. The van der Waals surface area contributed by atoms with Crippen molar-refractivity contribution in [2.24, 2.45) is 7.05 Å². The third-order valence-electron chi connectivity index (χ3n) is 3.46. The Balaban J connectivity index is 3.38. The Morgan fingerprint density at radius 3 is 2.28 bits per heavy atom. The topological polar surface area (TPSA) is 73.0 Å². The van der Waals surface area contributed by atoms with Crippen LogP contribution in [0.4, 0.5) is 5.69 Å². The summed E-state index contributed by atoms with van der Waals surface area (Å²) in [6, 6.07) is 0.152. The van der Waals surface area contributed by atoms with Crippen LogP contribution in [-0.2, 0) is 7.05 Å².